The summed E-state index contributed by atoms with van der Waals surface area (Å²) in [5.74, 6) is 0.215. The first-order chi connectivity index (χ1) is 6.45. The van der Waals surface area contributed by atoms with Gasteiger partial charge in [0.2, 0.25) is 16.0 Å². The van der Waals surface area contributed by atoms with Crippen molar-refractivity contribution < 1.29 is 8.42 Å². The Balaban J connectivity index is 3.08. The van der Waals surface area contributed by atoms with Gasteiger partial charge in [-0.25, -0.2) is 22.7 Å². The summed E-state index contributed by atoms with van der Waals surface area (Å²) in [6.45, 7) is 1.95. The van der Waals surface area contributed by atoms with Crippen LogP contribution >= 0.6 is 0 Å². The molecule has 5 nitrogen and oxygen atoms in total. The van der Waals surface area contributed by atoms with Gasteiger partial charge in [0.05, 0.1) is 6.26 Å². The lowest BCUT2D eigenvalue weighted by Gasteiger charge is -2.14. The van der Waals surface area contributed by atoms with E-state index in [2.05, 4.69) is 9.97 Å². The van der Waals surface area contributed by atoms with Crippen LogP contribution in [-0.4, -0.2) is 31.7 Å². The van der Waals surface area contributed by atoms with Gasteiger partial charge < -0.3 is 0 Å². The van der Waals surface area contributed by atoms with Crippen LogP contribution in [0.15, 0.2) is 12.3 Å². The molecule has 0 radical (unpaired) electrons. The lowest BCUT2D eigenvalue weighted by atomic mass is 10.3. The third-order valence-electron chi connectivity index (χ3n) is 1.84. The van der Waals surface area contributed by atoms with Crippen molar-refractivity contribution in [2.45, 2.75) is 13.3 Å². The first-order valence-corrected chi connectivity index (χ1v) is 6.05. The Morgan fingerprint density at radius 1 is 1.50 bits per heavy atom. The third kappa shape index (κ3) is 2.41. The minimum Gasteiger partial charge on any atom is -0.241 e. The highest BCUT2D eigenvalue weighted by Gasteiger charge is 2.14. The molecule has 0 spiro atoms. The van der Waals surface area contributed by atoms with Gasteiger partial charge in [-0.3, -0.25) is 0 Å². The fourth-order valence-corrected chi connectivity index (χ4v) is 1.27. The third-order valence-corrected chi connectivity index (χ3v) is 3.00. The highest BCUT2D eigenvalue weighted by molar-refractivity contribution is 7.92. The van der Waals surface area contributed by atoms with Crippen molar-refractivity contribution in [3.8, 4) is 0 Å². The Morgan fingerprint density at radius 2 is 2.14 bits per heavy atom. The van der Waals surface area contributed by atoms with E-state index in [9.17, 15) is 8.42 Å². The predicted molar refractivity (Wildman–Crippen MR) is 54.7 cm³/mol. The summed E-state index contributed by atoms with van der Waals surface area (Å²) < 4.78 is 23.4. The minimum absolute atomic E-state index is 0.215. The van der Waals surface area contributed by atoms with E-state index in [0.717, 1.165) is 22.7 Å². The van der Waals surface area contributed by atoms with Crippen LogP contribution in [0.5, 0.6) is 0 Å². The van der Waals surface area contributed by atoms with Crippen LogP contribution < -0.4 is 4.31 Å². The number of anilines is 1. The Bertz CT molecular complexity index is 416. The van der Waals surface area contributed by atoms with Crippen molar-refractivity contribution in [3.05, 3.63) is 18.0 Å². The quantitative estimate of drug-likeness (QED) is 0.733. The Hall–Kier alpha value is -1.17. The van der Waals surface area contributed by atoms with E-state index in [0.29, 0.717) is 0 Å². The number of hydrogen-bond acceptors (Lipinski definition) is 4. The maximum Gasteiger partial charge on any atom is 0.239 e. The molecule has 1 heterocycles. The molecular weight excluding hydrogens is 202 g/mol. The van der Waals surface area contributed by atoms with Crippen molar-refractivity contribution in [3.63, 3.8) is 0 Å². The maximum absolute atomic E-state index is 11.2. The average molecular weight is 215 g/mol. The summed E-state index contributed by atoms with van der Waals surface area (Å²) in [7, 11) is -1.84. The molecule has 0 saturated carbocycles. The highest BCUT2D eigenvalue weighted by Crippen LogP contribution is 2.08. The topological polar surface area (TPSA) is 63.2 Å². The normalized spacial score (nSPS) is 11.4. The van der Waals surface area contributed by atoms with Gasteiger partial charge in [0.25, 0.3) is 0 Å². The second kappa shape index (κ2) is 3.91. The molecule has 0 aliphatic heterocycles. The zero-order valence-corrected chi connectivity index (χ0v) is 9.24. The number of aryl methyl sites for hydroxylation is 1. The fourth-order valence-electron chi connectivity index (χ4n) is 0.881. The molecular formula is C8H13N3O2S. The summed E-state index contributed by atoms with van der Waals surface area (Å²) in [4.78, 5) is 7.98. The van der Waals surface area contributed by atoms with E-state index in [1.807, 2.05) is 6.92 Å². The summed E-state index contributed by atoms with van der Waals surface area (Å²) >= 11 is 0. The van der Waals surface area contributed by atoms with Gasteiger partial charge in [-0.1, -0.05) is 6.92 Å². The van der Waals surface area contributed by atoms with Crippen LogP contribution in [0.1, 0.15) is 12.6 Å². The van der Waals surface area contributed by atoms with Gasteiger partial charge in [0, 0.05) is 18.9 Å². The summed E-state index contributed by atoms with van der Waals surface area (Å²) in [6.07, 6.45) is 3.44. The summed E-state index contributed by atoms with van der Waals surface area (Å²) in [6, 6.07) is 1.76. The Kier molecular flexibility index (Phi) is 3.05. The van der Waals surface area contributed by atoms with E-state index in [-0.39, 0.29) is 5.95 Å². The molecule has 0 aromatic carbocycles. The summed E-state index contributed by atoms with van der Waals surface area (Å²) in [5.41, 5.74) is 0.825. The van der Waals surface area contributed by atoms with E-state index in [1.54, 1.807) is 12.3 Å². The molecule has 0 bridgehead atoms. The zero-order valence-electron chi connectivity index (χ0n) is 8.43. The van der Waals surface area contributed by atoms with Gasteiger partial charge in [-0.05, 0) is 12.5 Å². The van der Waals surface area contributed by atoms with Crippen LogP contribution in [0.2, 0.25) is 0 Å². The number of nitrogens with zero attached hydrogens (tertiary/aromatic N) is 3. The van der Waals surface area contributed by atoms with Crippen molar-refractivity contribution >= 4 is 16.0 Å². The van der Waals surface area contributed by atoms with Gasteiger partial charge in [0.15, 0.2) is 0 Å². The molecule has 78 valence electrons. The van der Waals surface area contributed by atoms with Gasteiger partial charge in [-0.15, -0.1) is 0 Å². The Labute approximate surface area is 83.9 Å². The standard InChI is InChI=1S/C8H13N3O2S/c1-4-7-5-6-9-8(10-7)11(2)14(3,12)13/h5-6H,4H2,1-3H3. The molecule has 0 aliphatic rings. The molecule has 14 heavy (non-hydrogen) atoms. The second-order valence-corrected chi connectivity index (χ2v) is 4.95. The predicted octanol–water partition coefficient (Wildman–Crippen LogP) is 0.435. The molecule has 0 fully saturated rings. The number of rotatable bonds is 3. The van der Waals surface area contributed by atoms with Gasteiger partial charge in [-0.2, -0.15) is 0 Å². The van der Waals surface area contributed by atoms with Crippen molar-refractivity contribution in [2.75, 3.05) is 17.6 Å². The molecule has 0 unspecified atom stereocenters. The molecule has 1 rings (SSSR count). The maximum atomic E-state index is 11.2. The fraction of sp³-hybridized carbons (Fsp3) is 0.500. The number of aromatic nitrogens is 2. The molecule has 0 aliphatic carbocycles. The smallest absolute Gasteiger partial charge is 0.239 e. The molecule has 0 saturated heterocycles. The molecule has 6 heteroatoms. The van der Waals surface area contributed by atoms with Gasteiger partial charge >= 0.3 is 0 Å². The van der Waals surface area contributed by atoms with E-state index < -0.39 is 10.0 Å². The highest BCUT2D eigenvalue weighted by atomic mass is 32.2. The molecule has 0 amide bonds. The van der Waals surface area contributed by atoms with Crippen LogP contribution in [0.25, 0.3) is 0 Å². The molecule has 0 atom stereocenters. The van der Waals surface area contributed by atoms with Gasteiger partial charge in [0.1, 0.15) is 0 Å². The SMILES string of the molecule is CCc1ccnc(N(C)S(C)(=O)=O)n1. The van der Waals surface area contributed by atoms with Crippen LogP contribution in [0, 0.1) is 0 Å². The summed E-state index contributed by atoms with van der Waals surface area (Å²) in [5, 5.41) is 0. The number of sulfonamides is 1. The zero-order chi connectivity index (χ0) is 10.8. The largest absolute Gasteiger partial charge is 0.241 e. The monoisotopic (exact) mass is 215 g/mol. The van der Waals surface area contributed by atoms with E-state index in [1.165, 1.54) is 7.05 Å². The first kappa shape index (κ1) is 10.9. The lowest BCUT2D eigenvalue weighted by molar-refractivity contribution is 0.599. The van der Waals surface area contributed by atoms with Crippen LogP contribution in [-0.2, 0) is 16.4 Å². The molecule has 0 N–H and O–H groups in total. The van der Waals surface area contributed by atoms with Crippen molar-refractivity contribution in [1.82, 2.24) is 9.97 Å². The minimum atomic E-state index is -3.27. The van der Waals surface area contributed by atoms with Crippen molar-refractivity contribution in [1.29, 1.82) is 0 Å². The lowest BCUT2D eigenvalue weighted by Crippen LogP contribution is -2.26. The van der Waals surface area contributed by atoms with E-state index in [4.69, 9.17) is 0 Å². The molecule has 1 aromatic heterocycles. The first-order valence-electron chi connectivity index (χ1n) is 4.21. The molecule has 1 aromatic rings. The van der Waals surface area contributed by atoms with Crippen molar-refractivity contribution in [2.24, 2.45) is 0 Å². The average Bonchev–Trinajstić information content (AvgIpc) is 2.15. The second-order valence-electron chi connectivity index (χ2n) is 2.93. The van der Waals surface area contributed by atoms with E-state index >= 15 is 0 Å². The number of hydrogen-bond donors (Lipinski definition) is 0. The van der Waals surface area contributed by atoms with Crippen LogP contribution in [0.3, 0.4) is 0 Å². The Morgan fingerprint density at radius 3 is 2.64 bits per heavy atom. The van der Waals surface area contributed by atoms with Crippen LogP contribution in [0.4, 0.5) is 5.95 Å².